The summed E-state index contributed by atoms with van der Waals surface area (Å²) in [6.07, 6.45) is -4.60. The Balaban J connectivity index is 0.00000121. The zero-order chi connectivity index (χ0) is 8.32. The monoisotopic (exact) mass is 186 g/mol. The van der Waals surface area contributed by atoms with Crippen LogP contribution in [0.1, 0.15) is 0 Å². The van der Waals surface area contributed by atoms with Gasteiger partial charge in [-0.2, -0.15) is 0 Å². The molecule has 0 radical (unpaired) electrons. The second-order valence-corrected chi connectivity index (χ2v) is 1.86. The van der Waals surface area contributed by atoms with Crippen LogP contribution in [0, 0.1) is 0 Å². The molecule has 0 aliphatic rings. The quantitative estimate of drug-likeness (QED) is 0.609. The maximum absolute atomic E-state index is 11.5. The van der Waals surface area contributed by atoms with Crippen LogP contribution in [-0.2, 0) is 0 Å². The Morgan fingerprint density at radius 1 is 1.00 bits per heavy atom. The average Bonchev–Trinajstić information content (AvgIpc) is 1.85. The summed E-state index contributed by atoms with van der Waals surface area (Å²) in [5.41, 5.74) is 0. The molecule has 0 unspecified atom stereocenters. The van der Waals surface area contributed by atoms with Gasteiger partial charge >= 0.3 is 35.9 Å². The van der Waals surface area contributed by atoms with E-state index in [0.717, 1.165) is 0 Å². The van der Waals surface area contributed by atoms with Crippen molar-refractivity contribution in [3.05, 3.63) is 30.3 Å². The molecule has 5 heteroatoms. The summed E-state index contributed by atoms with van der Waals surface area (Å²) in [6.45, 7) is 0. The molecule has 0 N–H and O–H groups in total. The molecule has 0 aromatic heterocycles. The molecule has 0 atom stereocenters. The van der Waals surface area contributed by atoms with Crippen LogP contribution in [0.3, 0.4) is 0 Å². The zero-order valence-electron chi connectivity index (χ0n) is 5.43. The predicted octanol–water partition coefficient (Wildman–Crippen LogP) is 1.94. The molecule has 1 nitrogen and oxygen atoms in total. The van der Waals surface area contributed by atoms with Gasteiger partial charge in [-0.25, -0.2) is 0 Å². The van der Waals surface area contributed by atoms with Crippen LogP contribution in [-0.4, -0.2) is 35.9 Å². The van der Waals surface area contributed by atoms with Gasteiger partial charge in [-0.05, 0) is 12.1 Å². The topological polar surface area (TPSA) is 9.23 Å². The van der Waals surface area contributed by atoms with Gasteiger partial charge in [-0.1, -0.05) is 18.2 Å². The van der Waals surface area contributed by atoms with Crippen molar-refractivity contribution in [3.63, 3.8) is 0 Å². The average molecular weight is 186 g/mol. The van der Waals surface area contributed by atoms with E-state index >= 15 is 0 Å². The van der Waals surface area contributed by atoms with Crippen LogP contribution in [0.25, 0.3) is 0 Å². The molecular weight excluding hydrogens is 180 g/mol. The van der Waals surface area contributed by atoms with Crippen molar-refractivity contribution in [2.45, 2.75) is 6.36 Å². The second kappa shape index (κ2) is 4.74. The molecule has 0 amide bonds. The van der Waals surface area contributed by atoms with E-state index in [9.17, 15) is 13.2 Å². The molecular formula is C7H6F3NaO. The number of rotatable bonds is 1. The van der Waals surface area contributed by atoms with Gasteiger partial charge in [-0.15, -0.1) is 13.2 Å². The minimum atomic E-state index is -4.60. The Morgan fingerprint density at radius 2 is 1.50 bits per heavy atom. The second-order valence-electron chi connectivity index (χ2n) is 1.86. The van der Waals surface area contributed by atoms with Gasteiger partial charge in [0.1, 0.15) is 5.75 Å². The van der Waals surface area contributed by atoms with Crippen molar-refractivity contribution in [1.82, 2.24) is 0 Å². The van der Waals surface area contributed by atoms with Gasteiger partial charge in [0.25, 0.3) is 0 Å². The van der Waals surface area contributed by atoms with E-state index in [4.69, 9.17) is 0 Å². The van der Waals surface area contributed by atoms with Crippen LogP contribution in [0.4, 0.5) is 13.2 Å². The van der Waals surface area contributed by atoms with Gasteiger partial charge < -0.3 is 4.74 Å². The van der Waals surface area contributed by atoms with Gasteiger partial charge in [0.2, 0.25) is 0 Å². The third-order valence-electron chi connectivity index (χ3n) is 0.977. The Hall–Kier alpha value is -0.190. The standard InChI is InChI=1S/C7H5F3O.Na.H/c8-7(9,10)11-6-4-2-1-3-5-6;;/h1-5H;;. The molecule has 1 rings (SSSR count). The number of hydrogen-bond donors (Lipinski definition) is 0. The molecule has 0 saturated carbocycles. The van der Waals surface area contributed by atoms with Gasteiger partial charge in [0, 0.05) is 0 Å². The summed E-state index contributed by atoms with van der Waals surface area (Å²) in [6, 6.07) is 7.05. The molecule has 1 aromatic carbocycles. The first-order valence-corrected chi connectivity index (χ1v) is 2.89. The van der Waals surface area contributed by atoms with Crippen molar-refractivity contribution in [2.24, 2.45) is 0 Å². The van der Waals surface area contributed by atoms with Crippen LogP contribution in [0.5, 0.6) is 5.75 Å². The molecule has 0 fully saturated rings. The fraction of sp³-hybridized carbons (Fsp3) is 0.143. The summed E-state index contributed by atoms with van der Waals surface area (Å²) < 4.78 is 38.2. The van der Waals surface area contributed by atoms with Gasteiger partial charge in [-0.3, -0.25) is 0 Å². The molecule has 1 aromatic rings. The molecule has 0 saturated heterocycles. The van der Waals surface area contributed by atoms with Crippen molar-refractivity contribution >= 4 is 29.6 Å². The Morgan fingerprint density at radius 3 is 1.92 bits per heavy atom. The van der Waals surface area contributed by atoms with Crippen molar-refractivity contribution in [3.8, 4) is 5.75 Å². The number of halogens is 3. The first kappa shape index (κ1) is 11.8. The predicted molar refractivity (Wildman–Crippen MR) is 40.3 cm³/mol. The Kier molecular flexibility index (Phi) is 4.67. The Labute approximate surface area is 89.8 Å². The first-order valence-electron chi connectivity index (χ1n) is 2.89. The zero-order valence-corrected chi connectivity index (χ0v) is 5.43. The molecule has 62 valence electrons. The molecule has 0 aliphatic carbocycles. The van der Waals surface area contributed by atoms with E-state index in [-0.39, 0.29) is 35.3 Å². The van der Waals surface area contributed by atoms with Gasteiger partial charge in [0.15, 0.2) is 0 Å². The van der Waals surface area contributed by atoms with Crippen molar-refractivity contribution < 1.29 is 17.9 Å². The van der Waals surface area contributed by atoms with E-state index in [1.165, 1.54) is 24.3 Å². The fourth-order valence-corrected chi connectivity index (χ4v) is 0.622. The molecule has 0 aliphatic heterocycles. The number of hydrogen-bond acceptors (Lipinski definition) is 1. The third-order valence-corrected chi connectivity index (χ3v) is 0.977. The number of alkyl halides is 3. The Bertz CT molecular complexity index is 222. The van der Waals surface area contributed by atoms with E-state index in [1.54, 1.807) is 6.07 Å². The van der Waals surface area contributed by atoms with Crippen LogP contribution in [0.2, 0.25) is 0 Å². The normalized spacial score (nSPS) is 10.2. The summed E-state index contributed by atoms with van der Waals surface area (Å²) >= 11 is 0. The van der Waals surface area contributed by atoms with Crippen molar-refractivity contribution in [2.75, 3.05) is 0 Å². The van der Waals surface area contributed by atoms with Gasteiger partial charge in [0.05, 0.1) is 0 Å². The van der Waals surface area contributed by atoms with Crippen LogP contribution >= 0.6 is 0 Å². The molecule has 0 spiro atoms. The molecule has 0 heterocycles. The third kappa shape index (κ3) is 4.64. The number of ether oxygens (including phenoxy) is 1. The van der Waals surface area contributed by atoms with E-state index in [0.29, 0.717) is 0 Å². The van der Waals surface area contributed by atoms with Crippen LogP contribution < -0.4 is 4.74 Å². The van der Waals surface area contributed by atoms with Crippen molar-refractivity contribution in [1.29, 1.82) is 0 Å². The number of para-hydroxylation sites is 1. The summed E-state index contributed by atoms with van der Waals surface area (Å²) in [5.74, 6) is -0.194. The maximum atomic E-state index is 11.5. The summed E-state index contributed by atoms with van der Waals surface area (Å²) in [5, 5.41) is 0. The van der Waals surface area contributed by atoms with Crippen LogP contribution in [0.15, 0.2) is 30.3 Å². The summed E-state index contributed by atoms with van der Waals surface area (Å²) in [4.78, 5) is 0. The van der Waals surface area contributed by atoms with E-state index in [2.05, 4.69) is 4.74 Å². The van der Waals surface area contributed by atoms with E-state index < -0.39 is 6.36 Å². The molecule has 0 bridgehead atoms. The molecule has 12 heavy (non-hydrogen) atoms. The SMILES string of the molecule is FC(F)(F)Oc1ccccc1.[NaH]. The fourth-order valence-electron chi connectivity index (χ4n) is 0.622. The minimum absolute atomic E-state index is 0. The number of benzene rings is 1. The van der Waals surface area contributed by atoms with E-state index in [1.807, 2.05) is 0 Å². The summed E-state index contributed by atoms with van der Waals surface area (Å²) in [7, 11) is 0. The first-order chi connectivity index (χ1) is 5.08.